The van der Waals surface area contributed by atoms with Crippen molar-refractivity contribution in [1.29, 1.82) is 0 Å². The zero-order valence-electron chi connectivity index (χ0n) is 16.7. The van der Waals surface area contributed by atoms with E-state index < -0.39 is 6.04 Å². The van der Waals surface area contributed by atoms with Crippen LogP contribution >= 0.6 is 11.3 Å². The zero-order chi connectivity index (χ0) is 20.0. The highest BCUT2D eigenvalue weighted by Gasteiger charge is 2.26. The smallest absolute Gasteiger partial charge is 0.251 e. The van der Waals surface area contributed by atoms with Crippen LogP contribution in [0.3, 0.4) is 0 Å². The molecule has 0 aliphatic carbocycles. The fourth-order valence-corrected chi connectivity index (χ4v) is 3.79. The Kier molecular flexibility index (Phi) is 7.56. The second-order valence-electron chi connectivity index (χ2n) is 7.30. The lowest BCUT2D eigenvalue weighted by Crippen LogP contribution is -2.51. The van der Waals surface area contributed by atoms with Crippen LogP contribution in [0.1, 0.15) is 40.7 Å². The van der Waals surface area contributed by atoms with Gasteiger partial charge in [-0.25, -0.2) is 0 Å². The molecule has 0 radical (unpaired) electrons. The van der Waals surface area contributed by atoms with Gasteiger partial charge >= 0.3 is 0 Å². The Morgan fingerprint density at radius 2 is 1.89 bits per heavy atom. The highest BCUT2D eigenvalue weighted by molar-refractivity contribution is 7.10. The molecule has 1 aromatic carbocycles. The van der Waals surface area contributed by atoms with Crippen molar-refractivity contribution < 1.29 is 9.59 Å². The van der Waals surface area contributed by atoms with E-state index in [1.165, 1.54) is 4.88 Å². The number of aryl methyl sites for hydroxylation is 1. The summed E-state index contributed by atoms with van der Waals surface area (Å²) < 4.78 is 0. The fourth-order valence-electron chi connectivity index (χ4n) is 2.87. The summed E-state index contributed by atoms with van der Waals surface area (Å²) in [5, 5.41) is 7.93. The van der Waals surface area contributed by atoms with Crippen molar-refractivity contribution in [2.75, 3.05) is 20.6 Å². The summed E-state index contributed by atoms with van der Waals surface area (Å²) in [5.41, 5.74) is 1.58. The standard InChI is InChI=1S/C21H29N3O2S/c1-14(2)19(23-20(25)16-9-6-8-15(3)12-16)21(26)22-13-17(24(4)5)18-10-7-11-27-18/h6-12,14,17,19H,13H2,1-5H3,(H,22,26)(H,23,25). The van der Waals surface area contributed by atoms with Gasteiger partial charge in [0, 0.05) is 17.0 Å². The summed E-state index contributed by atoms with van der Waals surface area (Å²) in [7, 11) is 3.99. The van der Waals surface area contributed by atoms with Crippen molar-refractivity contribution in [3.8, 4) is 0 Å². The average molecular weight is 388 g/mol. The molecule has 0 bridgehead atoms. The van der Waals surface area contributed by atoms with E-state index in [1.54, 1.807) is 17.4 Å². The predicted molar refractivity (Wildman–Crippen MR) is 111 cm³/mol. The van der Waals surface area contributed by atoms with Crippen LogP contribution in [0.25, 0.3) is 0 Å². The molecule has 5 nitrogen and oxygen atoms in total. The van der Waals surface area contributed by atoms with E-state index in [0.717, 1.165) is 5.56 Å². The molecule has 2 unspecified atom stereocenters. The first-order valence-corrected chi connectivity index (χ1v) is 10.0. The molecule has 0 saturated heterocycles. The minimum atomic E-state index is -0.579. The van der Waals surface area contributed by atoms with E-state index in [9.17, 15) is 9.59 Å². The van der Waals surface area contributed by atoms with Gasteiger partial charge in [-0.3, -0.25) is 9.59 Å². The summed E-state index contributed by atoms with van der Waals surface area (Å²) in [5.74, 6) is -0.400. The Morgan fingerprint density at radius 3 is 2.44 bits per heavy atom. The van der Waals surface area contributed by atoms with Gasteiger partial charge in [0.05, 0.1) is 6.04 Å². The lowest BCUT2D eigenvalue weighted by Gasteiger charge is -2.26. The molecule has 0 aliphatic rings. The van der Waals surface area contributed by atoms with Gasteiger partial charge in [-0.1, -0.05) is 37.6 Å². The molecule has 0 fully saturated rings. The Hall–Kier alpha value is -2.18. The van der Waals surface area contributed by atoms with E-state index in [4.69, 9.17) is 0 Å². The van der Waals surface area contributed by atoms with E-state index >= 15 is 0 Å². The molecule has 1 heterocycles. The number of likely N-dealkylation sites (N-methyl/N-ethyl adjacent to an activating group) is 1. The maximum absolute atomic E-state index is 12.8. The Labute approximate surface area is 165 Å². The highest BCUT2D eigenvalue weighted by atomic mass is 32.1. The molecular formula is C21H29N3O2S. The van der Waals surface area contributed by atoms with Crippen LogP contribution < -0.4 is 10.6 Å². The van der Waals surface area contributed by atoms with Crippen LogP contribution in [0.15, 0.2) is 41.8 Å². The largest absolute Gasteiger partial charge is 0.352 e. The van der Waals surface area contributed by atoms with Crippen LogP contribution in [0.4, 0.5) is 0 Å². The lowest BCUT2D eigenvalue weighted by atomic mass is 10.0. The van der Waals surface area contributed by atoms with Crippen LogP contribution in [-0.4, -0.2) is 43.4 Å². The van der Waals surface area contributed by atoms with Crippen LogP contribution in [-0.2, 0) is 4.79 Å². The number of hydrogen-bond acceptors (Lipinski definition) is 4. The fraction of sp³-hybridized carbons (Fsp3) is 0.429. The number of nitrogens with zero attached hydrogens (tertiary/aromatic N) is 1. The quantitative estimate of drug-likeness (QED) is 0.731. The van der Waals surface area contributed by atoms with E-state index in [-0.39, 0.29) is 23.8 Å². The van der Waals surface area contributed by atoms with Crippen LogP contribution in [0.5, 0.6) is 0 Å². The van der Waals surface area contributed by atoms with Gasteiger partial charge in [0.2, 0.25) is 5.91 Å². The summed E-state index contributed by atoms with van der Waals surface area (Å²) in [6.45, 7) is 6.30. The first kappa shape index (κ1) is 21.1. The summed E-state index contributed by atoms with van der Waals surface area (Å²) in [6.07, 6.45) is 0. The zero-order valence-corrected chi connectivity index (χ0v) is 17.5. The monoisotopic (exact) mass is 387 g/mol. The van der Waals surface area contributed by atoms with Gasteiger partial charge < -0.3 is 15.5 Å². The summed E-state index contributed by atoms with van der Waals surface area (Å²) >= 11 is 1.67. The lowest BCUT2D eigenvalue weighted by molar-refractivity contribution is -0.124. The molecule has 1 aromatic heterocycles. The first-order valence-electron chi connectivity index (χ1n) is 9.14. The normalized spacial score (nSPS) is 13.4. The average Bonchev–Trinajstić information content (AvgIpc) is 3.13. The van der Waals surface area contributed by atoms with E-state index in [1.807, 2.05) is 64.5 Å². The number of thiophene rings is 1. The number of hydrogen-bond donors (Lipinski definition) is 2. The number of nitrogens with one attached hydrogen (secondary N) is 2. The predicted octanol–water partition coefficient (Wildman–Crippen LogP) is 3.23. The molecule has 27 heavy (non-hydrogen) atoms. The molecule has 2 rings (SSSR count). The third-order valence-electron chi connectivity index (χ3n) is 4.48. The number of benzene rings is 1. The molecule has 146 valence electrons. The maximum atomic E-state index is 12.8. The van der Waals surface area contributed by atoms with Crippen molar-refractivity contribution in [1.82, 2.24) is 15.5 Å². The maximum Gasteiger partial charge on any atom is 0.251 e. The van der Waals surface area contributed by atoms with Crippen LogP contribution in [0.2, 0.25) is 0 Å². The molecule has 2 aromatic rings. The molecule has 0 aliphatic heterocycles. The van der Waals surface area contributed by atoms with Gasteiger partial charge in [-0.15, -0.1) is 11.3 Å². The van der Waals surface area contributed by atoms with Crippen molar-refractivity contribution >= 4 is 23.2 Å². The highest BCUT2D eigenvalue weighted by Crippen LogP contribution is 2.22. The van der Waals surface area contributed by atoms with E-state index in [0.29, 0.717) is 12.1 Å². The molecule has 2 amide bonds. The summed E-state index contributed by atoms with van der Waals surface area (Å²) in [6, 6.07) is 11.0. The van der Waals surface area contributed by atoms with Crippen molar-refractivity contribution in [2.45, 2.75) is 32.9 Å². The van der Waals surface area contributed by atoms with Gasteiger partial charge in [-0.05, 0) is 50.5 Å². The minimum Gasteiger partial charge on any atom is -0.352 e. The first-order chi connectivity index (χ1) is 12.8. The Morgan fingerprint density at radius 1 is 1.15 bits per heavy atom. The SMILES string of the molecule is Cc1cccc(C(=O)NC(C(=O)NCC(c2cccs2)N(C)C)C(C)C)c1. The van der Waals surface area contributed by atoms with Crippen molar-refractivity contribution in [3.63, 3.8) is 0 Å². The molecule has 2 N–H and O–H groups in total. The van der Waals surface area contributed by atoms with Crippen molar-refractivity contribution in [3.05, 3.63) is 57.8 Å². The summed E-state index contributed by atoms with van der Waals surface area (Å²) in [4.78, 5) is 28.6. The topological polar surface area (TPSA) is 61.4 Å². The number of rotatable bonds is 8. The van der Waals surface area contributed by atoms with Gasteiger partial charge in [-0.2, -0.15) is 0 Å². The second-order valence-corrected chi connectivity index (χ2v) is 8.28. The number of carbonyl (C=O) groups is 2. The Bertz CT molecular complexity index is 757. The third kappa shape index (κ3) is 5.91. The molecule has 6 heteroatoms. The molecule has 0 spiro atoms. The molecular weight excluding hydrogens is 358 g/mol. The molecule has 2 atom stereocenters. The second kappa shape index (κ2) is 9.67. The molecule has 0 saturated carbocycles. The van der Waals surface area contributed by atoms with Crippen LogP contribution in [0, 0.1) is 12.8 Å². The van der Waals surface area contributed by atoms with E-state index in [2.05, 4.69) is 21.6 Å². The minimum absolute atomic E-state index is 0.0155. The Balaban J connectivity index is 2.03. The van der Waals surface area contributed by atoms with Crippen molar-refractivity contribution in [2.24, 2.45) is 5.92 Å². The number of amides is 2. The van der Waals surface area contributed by atoms with Gasteiger partial charge in [0.15, 0.2) is 0 Å². The van der Waals surface area contributed by atoms with Gasteiger partial charge in [0.25, 0.3) is 5.91 Å². The third-order valence-corrected chi connectivity index (χ3v) is 5.45. The number of carbonyl (C=O) groups excluding carboxylic acids is 2. The van der Waals surface area contributed by atoms with Gasteiger partial charge in [0.1, 0.15) is 6.04 Å².